The Kier molecular flexibility index (Phi) is 5.11. The SMILES string of the molecule is CN1CCN(C2CCN(C(=O)c3ccc([N+](=O)[O-])cc3)CC2)CC1. The number of nitrogens with zero attached hydrogens (tertiary/aromatic N) is 4. The molecule has 0 saturated carbocycles. The van der Waals surface area contributed by atoms with Crippen molar-refractivity contribution in [3.05, 3.63) is 39.9 Å². The normalized spacial score (nSPS) is 21.0. The van der Waals surface area contributed by atoms with E-state index in [0.29, 0.717) is 11.6 Å². The molecule has 3 rings (SSSR count). The van der Waals surface area contributed by atoms with Crippen molar-refractivity contribution in [3.8, 4) is 0 Å². The van der Waals surface area contributed by atoms with Crippen LogP contribution in [0.5, 0.6) is 0 Å². The predicted molar refractivity (Wildman–Crippen MR) is 91.1 cm³/mol. The number of rotatable bonds is 3. The Morgan fingerprint density at radius 1 is 1.04 bits per heavy atom. The number of piperidine rings is 1. The molecule has 0 unspecified atom stereocenters. The zero-order valence-electron chi connectivity index (χ0n) is 14.1. The minimum atomic E-state index is -0.449. The fourth-order valence-corrected chi connectivity index (χ4v) is 3.53. The highest BCUT2D eigenvalue weighted by Crippen LogP contribution is 2.20. The fourth-order valence-electron chi connectivity index (χ4n) is 3.53. The van der Waals surface area contributed by atoms with Crippen molar-refractivity contribution in [1.29, 1.82) is 0 Å². The number of benzene rings is 1. The molecule has 2 heterocycles. The highest BCUT2D eigenvalue weighted by atomic mass is 16.6. The molecule has 1 amide bonds. The molecule has 2 aliphatic heterocycles. The molecule has 2 saturated heterocycles. The average Bonchev–Trinajstić information content (AvgIpc) is 2.62. The Hall–Kier alpha value is -1.99. The summed E-state index contributed by atoms with van der Waals surface area (Å²) in [6.07, 6.45) is 2.00. The first-order valence-corrected chi connectivity index (χ1v) is 8.51. The summed E-state index contributed by atoms with van der Waals surface area (Å²) in [4.78, 5) is 29.6. The standard InChI is InChI=1S/C17H24N4O3/c1-18-10-12-19(13-11-18)15-6-8-20(9-7-15)17(22)14-2-4-16(5-3-14)21(23)24/h2-5,15H,6-13H2,1H3. The van der Waals surface area contributed by atoms with Gasteiger partial charge in [0, 0.05) is 63.0 Å². The molecule has 1 aromatic rings. The van der Waals surface area contributed by atoms with Crippen molar-refractivity contribution in [2.45, 2.75) is 18.9 Å². The lowest BCUT2D eigenvalue weighted by molar-refractivity contribution is -0.384. The van der Waals surface area contributed by atoms with Gasteiger partial charge >= 0.3 is 0 Å². The molecule has 0 spiro atoms. The van der Waals surface area contributed by atoms with E-state index in [0.717, 1.165) is 52.1 Å². The van der Waals surface area contributed by atoms with Crippen molar-refractivity contribution < 1.29 is 9.72 Å². The quantitative estimate of drug-likeness (QED) is 0.619. The van der Waals surface area contributed by atoms with Gasteiger partial charge in [0.2, 0.25) is 0 Å². The number of carbonyl (C=O) groups excluding carboxylic acids is 1. The fraction of sp³-hybridized carbons (Fsp3) is 0.588. The first kappa shape index (κ1) is 16.9. The largest absolute Gasteiger partial charge is 0.339 e. The van der Waals surface area contributed by atoms with Crippen LogP contribution in [0.1, 0.15) is 23.2 Å². The van der Waals surface area contributed by atoms with Gasteiger partial charge in [-0.1, -0.05) is 0 Å². The van der Waals surface area contributed by atoms with Crippen LogP contribution < -0.4 is 0 Å². The molecular weight excluding hydrogens is 308 g/mol. The number of carbonyl (C=O) groups is 1. The van der Waals surface area contributed by atoms with Gasteiger partial charge in [-0.25, -0.2) is 0 Å². The van der Waals surface area contributed by atoms with E-state index in [9.17, 15) is 14.9 Å². The summed E-state index contributed by atoms with van der Waals surface area (Å²) in [6.45, 7) is 5.96. The number of piperazine rings is 1. The van der Waals surface area contributed by atoms with Crippen LogP contribution in [0.25, 0.3) is 0 Å². The molecule has 2 aliphatic rings. The topological polar surface area (TPSA) is 69.9 Å². The average molecular weight is 332 g/mol. The molecular formula is C17H24N4O3. The van der Waals surface area contributed by atoms with Crippen molar-refractivity contribution >= 4 is 11.6 Å². The second-order valence-electron chi connectivity index (χ2n) is 6.67. The van der Waals surface area contributed by atoms with Crippen LogP contribution in [-0.4, -0.2) is 77.9 Å². The van der Waals surface area contributed by atoms with Gasteiger partial charge in [-0.3, -0.25) is 19.8 Å². The summed E-state index contributed by atoms with van der Waals surface area (Å²) >= 11 is 0. The Morgan fingerprint density at radius 3 is 2.17 bits per heavy atom. The van der Waals surface area contributed by atoms with Crippen LogP contribution in [0.3, 0.4) is 0 Å². The number of likely N-dealkylation sites (N-methyl/N-ethyl adjacent to an activating group) is 1. The second-order valence-corrected chi connectivity index (χ2v) is 6.67. The lowest BCUT2D eigenvalue weighted by Gasteiger charge is -2.42. The van der Waals surface area contributed by atoms with Crippen molar-refractivity contribution in [3.63, 3.8) is 0 Å². The Balaban J connectivity index is 1.54. The molecule has 24 heavy (non-hydrogen) atoms. The van der Waals surface area contributed by atoms with Gasteiger partial charge in [0.05, 0.1) is 4.92 Å². The lowest BCUT2D eigenvalue weighted by atomic mass is 10.0. The summed E-state index contributed by atoms with van der Waals surface area (Å²) in [5, 5.41) is 10.7. The molecule has 0 N–H and O–H groups in total. The van der Waals surface area contributed by atoms with E-state index >= 15 is 0 Å². The van der Waals surface area contributed by atoms with E-state index in [1.165, 1.54) is 12.1 Å². The van der Waals surface area contributed by atoms with E-state index in [1.54, 1.807) is 12.1 Å². The van der Waals surface area contributed by atoms with Crippen LogP contribution in [-0.2, 0) is 0 Å². The molecule has 0 atom stereocenters. The van der Waals surface area contributed by atoms with Gasteiger partial charge in [0.15, 0.2) is 0 Å². The minimum Gasteiger partial charge on any atom is -0.339 e. The summed E-state index contributed by atoms with van der Waals surface area (Å²) in [5.41, 5.74) is 0.541. The maximum absolute atomic E-state index is 12.5. The summed E-state index contributed by atoms with van der Waals surface area (Å²) in [6, 6.07) is 6.45. The third kappa shape index (κ3) is 3.73. The number of hydrogen-bond donors (Lipinski definition) is 0. The number of non-ortho nitro benzene ring substituents is 1. The third-order valence-electron chi connectivity index (χ3n) is 5.13. The molecule has 1 aromatic carbocycles. The first-order chi connectivity index (χ1) is 11.5. The highest BCUT2D eigenvalue weighted by molar-refractivity contribution is 5.94. The van der Waals surface area contributed by atoms with E-state index in [2.05, 4.69) is 16.8 Å². The van der Waals surface area contributed by atoms with Gasteiger partial charge in [-0.15, -0.1) is 0 Å². The monoisotopic (exact) mass is 332 g/mol. The molecule has 0 aliphatic carbocycles. The zero-order valence-corrected chi connectivity index (χ0v) is 14.1. The lowest BCUT2D eigenvalue weighted by Crippen LogP contribution is -2.52. The maximum Gasteiger partial charge on any atom is 0.269 e. The number of hydrogen-bond acceptors (Lipinski definition) is 5. The maximum atomic E-state index is 12.5. The highest BCUT2D eigenvalue weighted by Gasteiger charge is 2.28. The van der Waals surface area contributed by atoms with Crippen LogP contribution in [0, 0.1) is 10.1 Å². The van der Waals surface area contributed by atoms with Crippen LogP contribution in [0.2, 0.25) is 0 Å². The molecule has 7 heteroatoms. The molecule has 0 aromatic heterocycles. The number of likely N-dealkylation sites (tertiary alicyclic amines) is 1. The Morgan fingerprint density at radius 2 is 1.62 bits per heavy atom. The number of nitro groups is 1. The van der Waals surface area contributed by atoms with E-state index < -0.39 is 4.92 Å². The van der Waals surface area contributed by atoms with E-state index in [-0.39, 0.29) is 11.6 Å². The zero-order chi connectivity index (χ0) is 17.1. The van der Waals surface area contributed by atoms with Crippen molar-refractivity contribution in [1.82, 2.24) is 14.7 Å². The van der Waals surface area contributed by atoms with Gasteiger partial charge in [-0.05, 0) is 32.0 Å². The summed E-state index contributed by atoms with van der Waals surface area (Å²) in [5.74, 6) is -0.0262. The molecule has 0 bridgehead atoms. The Labute approximate surface area is 142 Å². The molecule has 0 radical (unpaired) electrons. The van der Waals surface area contributed by atoms with Crippen molar-refractivity contribution in [2.24, 2.45) is 0 Å². The first-order valence-electron chi connectivity index (χ1n) is 8.51. The van der Waals surface area contributed by atoms with Gasteiger partial charge < -0.3 is 9.80 Å². The number of nitro benzene ring substituents is 1. The third-order valence-corrected chi connectivity index (χ3v) is 5.13. The molecule has 7 nitrogen and oxygen atoms in total. The van der Waals surface area contributed by atoms with E-state index in [1.807, 2.05) is 4.90 Å². The van der Waals surface area contributed by atoms with Gasteiger partial charge in [-0.2, -0.15) is 0 Å². The van der Waals surface area contributed by atoms with Crippen LogP contribution in [0.4, 0.5) is 5.69 Å². The molecule has 2 fully saturated rings. The predicted octanol–water partition coefficient (Wildman–Crippen LogP) is 1.45. The summed E-state index contributed by atoms with van der Waals surface area (Å²) in [7, 11) is 2.16. The summed E-state index contributed by atoms with van der Waals surface area (Å²) < 4.78 is 0. The van der Waals surface area contributed by atoms with Gasteiger partial charge in [0.25, 0.3) is 11.6 Å². The van der Waals surface area contributed by atoms with Crippen LogP contribution in [0.15, 0.2) is 24.3 Å². The minimum absolute atomic E-state index is 0.0142. The van der Waals surface area contributed by atoms with E-state index in [4.69, 9.17) is 0 Å². The van der Waals surface area contributed by atoms with Crippen molar-refractivity contribution in [2.75, 3.05) is 46.3 Å². The molecule has 130 valence electrons. The second kappa shape index (κ2) is 7.27. The number of amides is 1. The Bertz CT molecular complexity index is 588. The van der Waals surface area contributed by atoms with Crippen LogP contribution >= 0.6 is 0 Å². The smallest absolute Gasteiger partial charge is 0.269 e. The van der Waals surface area contributed by atoms with Gasteiger partial charge in [0.1, 0.15) is 0 Å².